The zero-order valence-electron chi connectivity index (χ0n) is 20.6. The number of carboxylic acids is 1. The number of hydrogen-bond donors (Lipinski definition) is 3. The van der Waals surface area contributed by atoms with E-state index in [-0.39, 0.29) is 64.6 Å². The maximum atomic E-state index is 12.6. The minimum atomic E-state index is -3.76. The molecular weight excluding hydrogens is 597 g/mol. The molecule has 0 bridgehead atoms. The highest BCUT2D eigenvalue weighted by Gasteiger charge is 2.23. The van der Waals surface area contributed by atoms with E-state index in [0.29, 0.717) is 49.4 Å². The van der Waals surface area contributed by atoms with Crippen molar-refractivity contribution < 1.29 is 23.1 Å². The molecule has 3 aromatic rings. The van der Waals surface area contributed by atoms with Crippen molar-refractivity contribution in [2.24, 2.45) is 0 Å². The standard InChI is InChI=1S/C23H27N5O5S2.3ClH/c1-15(2)24-21(29)14-27-7-9-28(10-8-27)20-13-18(23(30)31)17-12-16(5-6-19(17)25-20)26-35(32,33)22-4-3-11-34-22;;;/h3-6,11-13,15,26H,7-10,14H2,1-2H3,(H,24,29)(H,30,31);3*1H. The fourth-order valence-electron chi connectivity index (χ4n) is 3.94. The van der Waals surface area contributed by atoms with E-state index in [4.69, 9.17) is 0 Å². The van der Waals surface area contributed by atoms with Gasteiger partial charge in [0.05, 0.1) is 17.6 Å². The number of anilines is 2. The molecule has 2 aromatic heterocycles. The summed E-state index contributed by atoms with van der Waals surface area (Å²) in [5.41, 5.74) is 0.759. The zero-order valence-corrected chi connectivity index (χ0v) is 24.7. The number of thiophene rings is 1. The van der Waals surface area contributed by atoms with Crippen LogP contribution in [0.4, 0.5) is 11.5 Å². The van der Waals surface area contributed by atoms with Gasteiger partial charge < -0.3 is 15.3 Å². The molecule has 1 aromatic carbocycles. The first-order valence-electron chi connectivity index (χ1n) is 11.1. The number of benzene rings is 1. The number of hydrogen-bond acceptors (Lipinski definition) is 8. The van der Waals surface area contributed by atoms with Crippen LogP contribution in [0, 0.1) is 0 Å². The Morgan fingerprint density at radius 1 is 1.08 bits per heavy atom. The fourth-order valence-corrected chi connectivity index (χ4v) is 5.98. The van der Waals surface area contributed by atoms with Gasteiger partial charge in [0.2, 0.25) is 5.91 Å². The predicted octanol–water partition coefficient (Wildman–Crippen LogP) is 3.71. The second-order valence-corrected chi connectivity index (χ2v) is 11.4. The summed E-state index contributed by atoms with van der Waals surface area (Å²) in [6, 6.07) is 9.43. The monoisotopic (exact) mass is 625 g/mol. The summed E-state index contributed by atoms with van der Waals surface area (Å²) in [7, 11) is -3.76. The number of aromatic carboxylic acids is 1. The molecule has 3 heterocycles. The van der Waals surface area contributed by atoms with Gasteiger partial charge in [-0.1, -0.05) is 6.07 Å². The Kier molecular flexibility index (Phi) is 12.5. The van der Waals surface area contributed by atoms with Gasteiger partial charge in [-0.3, -0.25) is 14.4 Å². The van der Waals surface area contributed by atoms with Crippen LogP contribution in [0.25, 0.3) is 10.9 Å². The number of halogens is 3. The average Bonchev–Trinajstić information content (AvgIpc) is 3.34. The van der Waals surface area contributed by atoms with Crippen molar-refractivity contribution in [1.29, 1.82) is 0 Å². The number of sulfonamides is 1. The molecule has 38 heavy (non-hydrogen) atoms. The average molecular weight is 627 g/mol. The van der Waals surface area contributed by atoms with Gasteiger partial charge in [-0.05, 0) is 49.6 Å². The second-order valence-electron chi connectivity index (χ2n) is 8.59. The van der Waals surface area contributed by atoms with Gasteiger partial charge in [0.25, 0.3) is 10.0 Å². The largest absolute Gasteiger partial charge is 0.478 e. The molecule has 0 unspecified atom stereocenters. The Hall–Kier alpha value is -2.35. The number of piperazine rings is 1. The Morgan fingerprint density at radius 3 is 2.34 bits per heavy atom. The first kappa shape index (κ1) is 33.7. The molecule has 1 aliphatic rings. The summed E-state index contributed by atoms with van der Waals surface area (Å²) in [6.45, 7) is 6.66. The van der Waals surface area contributed by atoms with Crippen molar-refractivity contribution in [3.8, 4) is 0 Å². The second kappa shape index (κ2) is 14.2. The van der Waals surface area contributed by atoms with Gasteiger partial charge in [-0.25, -0.2) is 18.2 Å². The molecule has 0 spiro atoms. The molecule has 1 aliphatic heterocycles. The number of amides is 1. The highest BCUT2D eigenvalue weighted by Crippen LogP contribution is 2.28. The lowest BCUT2D eigenvalue weighted by Crippen LogP contribution is -2.50. The van der Waals surface area contributed by atoms with Crippen molar-refractivity contribution in [2.45, 2.75) is 24.1 Å². The van der Waals surface area contributed by atoms with Crippen molar-refractivity contribution in [3.05, 3.63) is 47.3 Å². The van der Waals surface area contributed by atoms with Crippen LogP contribution in [-0.2, 0) is 14.8 Å². The SMILES string of the molecule is CC(C)NC(=O)CN1CCN(c2cc(C(=O)O)c3cc(NS(=O)(=O)c4cccs4)ccc3n2)CC1.Cl.Cl.Cl. The van der Waals surface area contributed by atoms with Crippen LogP contribution >= 0.6 is 48.6 Å². The number of rotatable bonds is 8. The molecule has 10 nitrogen and oxygen atoms in total. The molecular formula is C23H30Cl3N5O5S2. The van der Waals surface area contributed by atoms with Crippen LogP contribution < -0.4 is 14.9 Å². The van der Waals surface area contributed by atoms with Gasteiger partial charge in [-0.2, -0.15) is 0 Å². The Bertz CT molecular complexity index is 1350. The molecule has 3 N–H and O–H groups in total. The summed E-state index contributed by atoms with van der Waals surface area (Å²) in [6.07, 6.45) is 0. The van der Waals surface area contributed by atoms with Gasteiger partial charge in [0.15, 0.2) is 0 Å². The van der Waals surface area contributed by atoms with Gasteiger partial charge >= 0.3 is 5.97 Å². The number of nitrogens with zero attached hydrogens (tertiary/aromatic N) is 3. The molecule has 15 heteroatoms. The van der Waals surface area contributed by atoms with E-state index in [0.717, 1.165) is 11.3 Å². The van der Waals surface area contributed by atoms with E-state index in [1.165, 1.54) is 18.2 Å². The number of fused-ring (bicyclic) bond motifs is 1. The summed E-state index contributed by atoms with van der Waals surface area (Å²) in [5, 5.41) is 14.8. The summed E-state index contributed by atoms with van der Waals surface area (Å²) >= 11 is 1.10. The van der Waals surface area contributed by atoms with Crippen LogP contribution in [0.2, 0.25) is 0 Å². The molecule has 1 fully saturated rings. The molecule has 0 atom stereocenters. The Morgan fingerprint density at radius 2 is 1.76 bits per heavy atom. The number of carboxylic acid groups (broad SMARTS) is 1. The van der Waals surface area contributed by atoms with Crippen molar-refractivity contribution in [2.75, 3.05) is 42.3 Å². The van der Waals surface area contributed by atoms with Crippen LogP contribution in [-0.4, -0.2) is 74.1 Å². The minimum Gasteiger partial charge on any atom is -0.478 e. The molecule has 1 amide bonds. The molecule has 0 radical (unpaired) electrons. The van der Waals surface area contributed by atoms with Crippen molar-refractivity contribution in [1.82, 2.24) is 15.2 Å². The molecule has 0 aliphatic carbocycles. The number of carbonyl (C=O) groups excluding carboxylic acids is 1. The predicted molar refractivity (Wildman–Crippen MR) is 158 cm³/mol. The summed E-state index contributed by atoms with van der Waals surface area (Å²) in [5.74, 6) is -0.607. The van der Waals surface area contributed by atoms with Gasteiger partial charge in [0, 0.05) is 43.3 Å². The van der Waals surface area contributed by atoms with Gasteiger partial charge in [0.1, 0.15) is 10.0 Å². The third kappa shape index (κ3) is 8.08. The molecule has 210 valence electrons. The molecule has 0 saturated carbocycles. The quantitative estimate of drug-likeness (QED) is 0.345. The van der Waals surface area contributed by atoms with E-state index in [1.807, 2.05) is 18.7 Å². The zero-order chi connectivity index (χ0) is 25.2. The third-order valence-corrected chi connectivity index (χ3v) is 8.33. The number of carbonyl (C=O) groups is 2. The lowest BCUT2D eigenvalue weighted by atomic mass is 10.1. The smallest absolute Gasteiger partial charge is 0.336 e. The maximum Gasteiger partial charge on any atom is 0.336 e. The van der Waals surface area contributed by atoms with Crippen LogP contribution in [0.1, 0.15) is 24.2 Å². The van der Waals surface area contributed by atoms with Crippen LogP contribution in [0.15, 0.2) is 46.0 Å². The number of nitrogens with one attached hydrogen (secondary N) is 2. The highest BCUT2D eigenvalue weighted by molar-refractivity contribution is 7.94. The molecule has 4 rings (SSSR count). The Labute approximate surface area is 244 Å². The lowest BCUT2D eigenvalue weighted by Gasteiger charge is -2.35. The first-order chi connectivity index (χ1) is 16.6. The number of pyridine rings is 1. The highest BCUT2D eigenvalue weighted by atomic mass is 35.5. The topological polar surface area (TPSA) is 132 Å². The van der Waals surface area contributed by atoms with E-state index >= 15 is 0 Å². The van der Waals surface area contributed by atoms with Crippen LogP contribution in [0.5, 0.6) is 0 Å². The Balaban J connectivity index is 0.00000241. The summed E-state index contributed by atoms with van der Waals surface area (Å²) < 4.78 is 27.8. The van der Waals surface area contributed by atoms with E-state index in [1.54, 1.807) is 23.6 Å². The summed E-state index contributed by atoms with van der Waals surface area (Å²) in [4.78, 5) is 32.8. The van der Waals surface area contributed by atoms with Gasteiger partial charge in [-0.15, -0.1) is 48.6 Å². The normalized spacial score (nSPS) is 13.7. The van der Waals surface area contributed by atoms with Crippen LogP contribution in [0.3, 0.4) is 0 Å². The molecule has 1 saturated heterocycles. The maximum absolute atomic E-state index is 12.6. The van der Waals surface area contributed by atoms with E-state index < -0.39 is 16.0 Å². The van der Waals surface area contributed by atoms with E-state index in [2.05, 4.69) is 19.9 Å². The van der Waals surface area contributed by atoms with E-state index in [9.17, 15) is 23.1 Å². The van der Waals surface area contributed by atoms with Crippen molar-refractivity contribution >= 4 is 92.9 Å². The van der Waals surface area contributed by atoms with Crippen molar-refractivity contribution in [3.63, 3.8) is 0 Å². The lowest BCUT2D eigenvalue weighted by molar-refractivity contribution is -0.122. The number of aromatic nitrogens is 1. The minimum absolute atomic E-state index is 0. The first-order valence-corrected chi connectivity index (χ1v) is 13.5. The fraction of sp³-hybridized carbons (Fsp3) is 0.348. The third-order valence-electron chi connectivity index (χ3n) is 5.55.